The lowest BCUT2D eigenvalue weighted by atomic mass is 9.97. The minimum Gasteiger partial charge on any atom is -0.392 e. The van der Waals surface area contributed by atoms with Crippen molar-refractivity contribution in [3.05, 3.63) is 18.2 Å². The summed E-state index contributed by atoms with van der Waals surface area (Å²) >= 11 is 0. The summed E-state index contributed by atoms with van der Waals surface area (Å²) in [4.78, 5) is 4.13. The molecule has 1 aliphatic rings. The van der Waals surface area contributed by atoms with Crippen molar-refractivity contribution in [3.63, 3.8) is 0 Å². The monoisotopic (exact) mass is 180 g/mol. The largest absolute Gasteiger partial charge is 0.392 e. The van der Waals surface area contributed by atoms with Gasteiger partial charge in [-0.15, -0.1) is 0 Å². The Labute approximate surface area is 78.4 Å². The Balaban J connectivity index is 2.34. The summed E-state index contributed by atoms with van der Waals surface area (Å²) < 4.78 is 2.12. The summed E-state index contributed by atoms with van der Waals surface area (Å²) in [6.45, 7) is 4.91. The molecule has 3 heteroatoms. The highest BCUT2D eigenvalue weighted by atomic mass is 16.3. The summed E-state index contributed by atoms with van der Waals surface area (Å²) in [5.74, 6) is 0. The van der Waals surface area contributed by atoms with Gasteiger partial charge >= 0.3 is 0 Å². The van der Waals surface area contributed by atoms with E-state index in [1.165, 1.54) is 5.69 Å². The first kappa shape index (κ1) is 8.75. The molecule has 0 radical (unpaired) electrons. The third-order valence-electron chi connectivity index (χ3n) is 3.15. The van der Waals surface area contributed by atoms with Crippen LogP contribution in [0.4, 0.5) is 0 Å². The van der Waals surface area contributed by atoms with Gasteiger partial charge in [-0.05, 0) is 26.7 Å². The highest BCUT2D eigenvalue weighted by Crippen LogP contribution is 2.50. The zero-order valence-electron chi connectivity index (χ0n) is 8.20. The van der Waals surface area contributed by atoms with Crippen LogP contribution < -0.4 is 0 Å². The average molecular weight is 180 g/mol. The van der Waals surface area contributed by atoms with Crippen molar-refractivity contribution in [2.45, 2.75) is 44.8 Å². The van der Waals surface area contributed by atoms with E-state index in [2.05, 4.69) is 16.5 Å². The zero-order valence-corrected chi connectivity index (χ0v) is 8.20. The van der Waals surface area contributed by atoms with Gasteiger partial charge in [-0.2, -0.15) is 0 Å². The van der Waals surface area contributed by atoms with Crippen molar-refractivity contribution in [2.75, 3.05) is 0 Å². The molecule has 0 saturated heterocycles. The predicted octanol–water partition coefficient (Wildman–Crippen LogP) is 1.32. The highest BCUT2D eigenvalue weighted by Gasteiger charge is 2.50. The van der Waals surface area contributed by atoms with E-state index in [1.54, 1.807) is 0 Å². The van der Waals surface area contributed by atoms with E-state index in [0.717, 1.165) is 19.4 Å². The van der Waals surface area contributed by atoms with Gasteiger partial charge in [-0.1, -0.05) is 0 Å². The number of nitrogens with zero attached hydrogens (tertiary/aromatic N) is 2. The molecule has 1 aliphatic carbocycles. The molecule has 0 aliphatic heterocycles. The third kappa shape index (κ3) is 1.18. The fraction of sp³-hybridized carbons (Fsp3) is 0.700. The molecule has 0 spiro atoms. The van der Waals surface area contributed by atoms with Crippen LogP contribution in [-0.2, 0) is 12.0 Å². The van der Waals surface area contributed by atoms with Gasteiger partial charge in [-0.25, -0.2) is 4.98 Å². The third-order valence-corrected chi connectivity index (χ3v) is 3.15. The standard InChI is InChI=1S/C10H16N2O/c1-3-12-7-11-6-9(12)10(4-5-10)8(2)13/h6-8,13H,3-5H2,1-2H3. The number of aliphatic hydroxyl groups is 1. The number of imidazole rings is 1. The first-order valence-electron chi connectivity index (χ1n) is 4.89. The van der Waals surface area contributed by atoms with E-state index in [-0.39, 0.29) is 11.5 Å². The number of hydrogen-bond acceptors (Lipinski definition) is 2. The van der Waals surface area contributed by atoms with Crippen molar-refractivity contribution >= 4 is 0 Å². The molecule has 1 atom stereocenters. The molecule has 1 aromatic heterocycles. The Morgan fingerprint density at radius 1 is 1.69 bits per heavy atom. The predicted molar refractivity (Wildman–Crippen MR) is 50.5 cm³/mol. The van der Waals surface area contributed by atoms with Crippen LogP contribution in [0.1, 0.15) is 32.4 Å². The first-order valence-corrected chi connectivity index (χ1v) is 4.89. The lowest BCUT2D eigenvalue weighted by Gasteiger charge is -2.19. The Hall–Kier alpha value is -0.830. The molecule has 13 heavy (non-hydrogen) atoms. The van der Waals surface area contributed by atoms with Gasteiger partial charge in [0, 0.05) is 23.9 Å². The second-order valence-corrected chi connectivity index (χ2v) is 3.90. The molecule has 1 fully saturated rings. The van der Waals surface area contributed by atoms with Crippen LogP contribution in [0.3, 0.4) is 0 Å². The van der Waals surface area contributed by atoms with Gasteiger partial charge in [0.15, 0.2) is 0 Å². The van der Waals surface area contributed by atoms with Crippen LogP contribution in [0.25, 0.3) is 0 Å². The Bertz CT molecular complexity index is 300. The van der Waals surface area contributed by atoms with Crippen molar-refractivity contribution in [1.29, 1.82) is 0 Å². The average Bonchev–Trinajstić information content (AvgIpc) is 2.78. The summed E-state index contributed by atoms with van der Waals surface area (Å²) in [6, 6.07) is 0. The van der Waals surface area contributed by atoms with Gasteiger partial charge in [0.2, 0.25) is 0 Å². The Morgan fingerprint density at radius 3 is 2.85 bits per heavy atom. The summed E-state index contributed by atoms with van der Waals surface area (Å²) in [6.07, 6.45) is 5.67. The van der Waals surface area contributed by atoms with E-state index >= 15 is 0 Å². The van der Waals surface area contributed by atoms with Gasteiger partial charge in [0.25, 0.3) is 0 Å². The van der Waals surface area contributed by atoms with Crippen LogP contribution in [0.15, 0.2) is 12.5 Å². The van der Waals surface area contributed by atoms with Gasteiger partial charge in [0.1, 0.15) is 0 Å². The maximum Gasteiger partial charge on any atom is 0.0948 e. The molecule has 1 heterocycles. The molecular weight excluding hydrogens is 164 g/mol. The number of rotatable bonds is 3. The second kappa shape index (κ2) is 2.84. The quantitative estimate of drug-likeness (QED) is 0.761. The van der Waals surface area contributed by atoms with Gasteiger partial charge in [-0.3, -0.25) is 0 Å². The first-order chi connectivity index (χ1) is 6.20. The summed E-state index contributed by atoms with van der Waals surface area (Å²) in [5, 5.41) is 9.69. The molecule has 1 saturated carbocycles. The molecule has 0 amide bonds. The lowest BCUT2D eigenvalue weighted by Crippen LogP contribution is -2.25. The van der Waals surface area contributed by atoms with E-state index in [9.17, 15) is 5.11 Å². The summed E-state index contributed by atoms with van der Waals surface area (Å²) in [7, 11) is 0. The van der Waals surface area contributed by atoms with E-state index in [1.807, 2.05) is 19.4 Å². The van der Waals surface area contributed by atoms with Crippen LogP contribution in [0.5, 0.6) is 0 Å². The molecule has 1 unspecified atom stereocenters. The molecule has 3 nitrogen and oxygen atoms in total. The van der Waals surface area contributed by atoms with Crippen molar-refractivity contribution in [3.8, 4) is 0 Å². The molecular formula is C10H16N2O. The fourth-order valence-electron chi connectivity index (χ4n) is 2.01. The van der Waals surface area contributed by atoms with Crippen LogP contribution in [0, 0.1) is 0 Å². The molecule has 72 valence electrons. The molecule has 2 rings (SSSR count). The molecule has 1 aromatic rings. The van der Waals surface area contributed by atoms with Crippen LogP contribution >= 0.6 is 0 Å². The van der Waals surface area contributed by atoms with Gasteiger partial charge in [0.05, 0.1) is 12.4 Å². The number of aryl methyl sites for hydroxylation is 1. The SMILES string of the molecule is CCn1cncc1C1(C(C)O)CC1. The fourth-order valence-corrected chi connectivity index (χ4v) is 2.01. The van der Waals surface area contributed by atoms with Crippen molar-refractivity contribution in [1.82, 2.24) is 9.55 Å². The van der Waals surface area contributed by atoms with E-state index in [4.69, 9.17) is 0 Å². The lowest BCUT2D eigenvalue weighted by molar-refractivity contribution is 0.147. The van der Waals surface area contributed by atoms with Crippen molar-refractivity contribution in [2.24, 2.45) is 0 Å². The zero-order chi connectivity index (χ0) is 9.47. The van der Waals surface area contributed by atoms with Crippen LogP contribution in [-0.4, -0.2) is 20.8 Å². The second-order valence-electron chi connectivity index (χ2n) is 3.90. The minimum atomic E-state index is -0.255. The molecule has 0 bridgehead atoms. The Morgan fingerprint density at radius 2 is 2.38 bits per heavy atom. The summed E-state index contributed by atoms with van der Waals surface area (Å²) in [5.41, 5.74) is 1.22. The molecule has 0 aromatic carbocycles. The highest BCUT2D eigenvalue weighted by molar-refractivity contribution is 5.25. The minimum absolute atomic E-state index is 0.0203. The maximum absolute atomic E-state index is 9.69. The van der Waals surface area contributed by atoms with Gasteiger partial charge < -0.3 is 9.67 Å². The van der Waals surface area contributed by atoms with Crippen LogP contribution in [0.2, 0.25) is 0 Å². The van der Waals surface area contributed by atoms with E-state index < -0.39 is 0 Å². The number of aliphatic hydroxyl groups excluding tert-OH is 1. The van der Waals surface area contributed by atoms with Crippen molar-refractivity contribution < 1.29 is 5.11 Å². The maximum atomic E-state index is 9.69. The Kier molecular flexibility index (Phi) is 1.91. The van der Waals surface area contributed by atoms with E-state index in [0.29, 0.717) is 0 Å². The smallest absolute Gasteiger partial charge is 0.0948 e. The number of hydrogen-bond donors (Lipinski definition) is 1. The topological polar surface area (TPSA) is 38.0 Å². The molecule has 1 N–H and O–H groups in total. The number of aromatic nitrogens is 2. The normalized spacial score (nSPS) is 21.5.